The summed E-state index contributed by atoms with van der Waals surface area (Å²) in [6, 6.07) is 0. The average Bonchev–Trinajstić information content (AvgIpc) is 2.21. The van der Waals surface area contributed by atoms with Gasteiger partial charge in [0, 0.05) is 5.56 Å². The van der Waals surface area contributed by atoms with Crippen LogP contribution in [0, 0.1) is 6.92 Å². The van der Waals surface area contributed by atoms with E-state index in [9.17, 15) is 4.79 Å². The third-order valence-electron chi connectivity index (χ3n) is 1.73. The second-order valence-electron chi connectivity index (χ2n) is 2.80. The maximum Gasteiger partial charge on any atom is 0.325 e. The number of rotatable bonds is 4. The molecule has 0 unspecified atom stereocenters. The van der Waals surface area contributed by atoms with E-state index in [4.69, 9.17) is 16.3 Å². The molecule has 0 aromatic carbocycles. The van der Waals surface area contributed by atoms with E-state index in [-0.39, 0.29) is 12.5 Å². The van der Waals surface area contributed by atoms with Crippen LogP contribution < -0.4 is 5.32 Å². The van der Waals surface area contributed by atoms with Crippen molar-refractivity contribution in [3.63, 3.8) is 0 Å². The van der Waals surface area contributed by atoms with E-state index < -0.39 is 0 Å². The smallest absolute Gasteiger partial charge is 0.325 e. The molecule has 0 bridgehead atoms. The number of nitrogens with zero attached hydrogens (tertiary/aromatic N) is 2. The van der Waals surface area contributed by atoms with Crippen LogP contribution in [0.25, 0.3) is 0 Å². The summed E-state index contributed by atoms with van der Waals surface area (Å²) < 4.78 is 4.76. The number of anilines is 1. The molecular weight excluding hydrogens is 218 g/mol. The minimum atomic E-state index is -0.327. The number of esters is 1. The van der Waals surface area contributed by atoms with Crippen LogP contribution in [-0.4, -0.2) is 29.1 Å². The molecule has 82 valence electrons. The van der Waals surface area contributed by atoms with E-state index in [0.717, 1.165) is 0 Å². The summed E-state index contributed by atoms with van der Waals surface area (Å²) in [5.74, 6) is 0.217. The highest BCUT2D eigenvalue weighted by molar-refractivity contribution is 6.30. The van der Waals surface area contributed by atoms with Crippen molar-refractivity contribution in [2.75, 3.05) is 18.5 Å². The van der Waals surface area contributed by atoms with Crippen LogP contribution >= 0.6 is 11.6 Å². The first-order valence-electron chi connectivity index (χ1n) is 4.51. The fourth-order valence-corrected chi connectivity index (χ4v) is 1.11. The topological polar surface area (TPSA) is 64.1 Å². The Hall–Kier alpha value is -1.36. The number of hydrogen-bond acceptors (Lipinski definition) is 5. The Balaban J connectivity index is 2.58. The number of nitrogens with one attached hydrogen (secondary N) is 1. The first kappa shape index (κ1) is 11.7. The summed E-state index contributed by atoms with van der Waals surface area (Å²) >= 11 is 5.78. The molecule has 0 radical (unpaired) electrons. The van der Waals surface area contributed by atoms with Crippen LogP contribution in [0.3, 0.4) is 0 Å². The lowest BCUT2D eigenvalue weighted by molar-refractivity contribution is -0.140. The number of ether oxygens (including phenoxy) is 1. The van der Waals surface area contributed by atoms with Crippen molar-refractivity contribution >= 4 is 23.4 Å². The van der Waals surface area contributed by atoms with Gasteiger partial charge < -0.3 is 10.1 Å². The molecule has 0 fully saturated rings. The van der Waals surface area contributed by atoms with Gasteiger partial charge in [0.2, 0.25) is 0 Å². The molecule has 1 heterocycles. The van der Waals surface area contributed by atoms with Crippen LogP contribution in [0.4, 0.5) is 5.82 Å². The van der Waals surface area contributed by atoms with Gasteiger partial charge in [-0.1, -0.05) is 11.6 Å². The van der Waals surface area contributed by atoms with Crippen molar-refractivity contribution in [1.82, 2.24) is 9.97 Å². The van der Waals surface area contributed by atoms with Crippen LogP contribution in [-0.2, 0) is 9.53 Å². The van der Waals surface area contributed by atoms with E-state index >= 15 is 0 Å². The molecule has 0 aliphatic rings. The van der Waals surface area contributed by atoms with Gasteiger partial charge in [-0.15, -0.1) is 0 Å². The molecule has 1 N–H and O–H groups in total. The van der Waals surface area contributed by atoms with E-state index in [1.165, 1.54) is 6.33 Å². The second-order valence-corrected chi connectivity index (χ2v) is 3.15. The maximum absolute atomic E-state index is 11.1. The number of carbonyl (C=O) groups excluding carboxylic acids is 1. The third-order valence-corrected chi connectivity index (χ3v) is 2.11. The van der Waals surface area contributed by atoms with Gasteiger partial charge in [-0.2, -0.15) is 0 Å². The monoisotopic (exact) mass is 229 g/mol. The summed E-state index contributed by atoms with van der Waals surface area (Å²) in [6.07, 6.45) is 1.34. The average molecular weight is 230 g/mol. The van der Waals surface area contributed by atoms with Crippen molar-refractivity contribution in [3.05, 3.63) is 17.0 Å². The fourth-order valence-electron chi connectivity index (χ4n) is 0.975. The molecule has 0 saturated heterocycles. The molecule has 6 heteroatoms. The zero-order valence-corrected chi connectivity index (χ0v) is 9.34. The Morgan fingerprint density at radius 1 is 1.60 bits per heavy atom. The quantitative estimate of drug-likeness (QED) is 0.625. The first-order valence-corrected chi connectivity index (χ1v) is 4.89. The Morgan fingerprint density at radius 2 is 2.33 bits per heavy atom. The van der Waals surface area contributed by atoms with E-state index in [1.54, 1.807) is 13.8 Å². The normalized spacial score (nSPS) is 9.80. The van der Waals surface area contributed by atoms with Crippen molar-refractivity contribution < 1.29 is 9.53 Å². The van der Waals surface area contributed by atoms with Crippen molar-refractivity contribution in [3.8, 4) is 0 Å². The predicted octanol–water partition coefficient (Wildman–Crippen LogP) is 1.41. The molecular formula is C9H12ClN3O2. The molecule has 0 amide bonds. The highest BCUT2D eigenvalue weighted by atomic mass is 35.5. The van der Waals surface area contributed by atoms with E-state index in [2.05, 4.69) is 15.3 Å². The molecule has 0 atom stereocenters. The van der Waals surface area contributed by atoms with Gasteiger partial charge in [0.25, 0.3) is 0 Å². The summed E-state index contributed by atoms with van der Waals surface area (Å²) in [5, 5.41) is 3.20. The van der Waals surface area contributed by atoms with Gasteiger partial charge in [0.1, 0.15) is 23.8 Å². The summed E-state index contributed by atoms with van der Waals surface area (Å²) in [6.45, 7) is 3.96. The van der Waals surface area contributed by atoms with Gasteiger partial charge >= 0.3 is 5.97 Å². The van der Waals surface area contributed by atoms with Gasteiger partial charge in [-0.05, 0) is 13.8 Å². The molecule has 0 saturated carbocycles. The molecule has 0 spiro atoms. The fraction of sp³-hybridized carbons (Fsp3) is 0.444. The highest BCUT2D eigenvalue weighted by Crippen LogP contribution is 2.17. The lowest BCUT2D eigenvalue weighted by Crippen LogP contribution is -2.18. The third kappa shape index (κ3) is 3.36. The molecule has 0 aliphatic carbocycles. The van der Waals surface area contributed by atoms with Gasteiger partial charge in [0.05, 0.1) is 6.61 Å². The minimum absolute atomic E-state index is 0.0715. The Morgan fingerprint density at radius 3 is 3.00 bits per heavy atom. The van der Waals surface area contributed by atoms with E-state index in [1.807, 2.05) is 0 Å². The van der Waals surface area contributed by atoms with Gasteiger partial charge in [-0.3, -0.25) is 4.79 Å². The SMILES string of the molecule is CCOC(=O)CNc1ncnc(Cl)c1C. The largest absolute Gasteiger partial charge is 0.465 e. The molecule has 5 nitrogen and oxygen atoms in total. The molecule has 1 aromatic heterocycles. The summed E-state index contributed by atoms with van der Waals surface area (Å²) in [5.41, 5.74) is 0.712. The molecule has 1 rings (SSSR count). The number of aromatic nitrogens is 2. The summed E-state index contributed by atoms with van der Waals surface area (Å²) in [4.78, 5) is 18.8. The van der Waals surface area contributed by atoms with Gasteiger partial charge in [0.15, 0.2) is 0 Å². The lowest BCUT2D eigenvalue weighted by atomic mass is 10.3. The Kier molecular flexibility index (Phi) is 4.30. The van der Waals surface area contributed by atoms with Crippen LogP contribution in [0.15, 0.2) is 6.33 Å². The van der Waals surface area contributed by atoms with Crippen LogP contribution in [0.1, 0.15) is 12.5 Å². The van der Waals surface area contributed by atoms with Gasteiger partial charge in [-0.25, -0.2) is 9.97 Å². The molecule has 0 aliphatic heterocycles. The predicted molar refractivity (Wildman–Crippen MR) is 56.9 cm³/mol. The van der Waals surface area contributed by atoms with Crippen molar-refractivity contribution in [2.45, 2.75) is 13.8 Å². The van der Waals surface area contributed by atoms with Crippen LogP contribution in [0.5, 0.6) is 0 Å². The van der Waals surface area contributed by atoms with Crippen LogP contribution in [0.2, 0.25) is 5.15 Å². The standard InChI is InChI=1S/C9H12ClN3O2/c1-3-15-7(14)4-11-9-6(2)8(10)12-5-13-9/h5H,3-4H2,1-2H3,(H,11,12,13). The number of hydrogen-bond donors (Lipinski definition) is 1. The zero-order valence-electron chi connectivity index (χ0n) is 8.58. The van der Waals surface area contributed by atoms with Crippen molar-refractivity contribution in [2.24, 2.45) is 0 Å². The van der Waals surface area contributed by atoms with E-state index in [0.29, 0.717) is 23.1 Å². The first-order chi connectivity index (χ1) is 7.15. The Labute approximate surface area is 92.8 Å². The molecule has 1 aromatic rings. The summed E-state index contributed by atoms with van der Waals surface area (Å²) in [7, 11) is 0. The van der Waals surface area contributed by atoms with Crippen molar-refractivity contribution in [1.29, 1.82) is 0 Å². The minimum Gasteiger partial charge on any atom is -0.465 e. The number of halogens is 1. The molecule has 15 heavy (non-hydrogen) atoms. The maximum atomic E-state index is 11.1. The number of carbonyl (C=O) groups is 1. The zero-order chi connectivity index (χ0) is 11.3. The Bertz CT molecular complexity index is 357. The second kappa shape index (κ2) is 5.50. The highest BCUT2D eigenvalue weighted by Gasteiger charge is 2.06. The lowest BCUT2D eigenvalue weighted by Gasteiger charge is -2.07.